The monoisotopic (exact) mass is 248 g/mol. The summed E-state index contributed by atoms with van der Waals surface area (Å²) >= 11 is 0. The standard InChI is InChI=1S/C14H17FN2O/c1-4-17-13(7-8-16-17)14(3,18)11-6-5-10(2)12(15)9-11/h5-9,18H,4H2,1-3H3. The number of hydrogen-bond acceptors (Lipinski definition) is 2. The average Bonchev–Trinajstić information content (AvgIpc) is 2.81. The summed E-state index contributed by atoms with van der Waals surface area (Å²) in [6, 6.07) is 6.54. The van der Waals surface area contributed by atoms with Crippen molar-refractivity contribution in [2.45, 2.75) is 32.9 Å². The van der Waals surface area contributed by atoms with Gasteiger partial charge in [0.05, 0.1) is 5.69 Å². The van der Waals surface area contributed by atoms with Crippen LogP contribution in [0.5, 0.6) is 0 Å². The van der Waals surface area contributed by atoms with Crippen LogP contribution in [0.1, 0.15) is 30.7 Å². The van der Waals surface area contributed by atoms with Crippen LogP contribution in [-0.4, -0.2) is 14.9 Å². The second-order valence-electron chi connectivity index (χ2n) is 4.57. The van der Waals surface area contributed by atoms with Gasteiger partial charge in [-0.15, -0.1) is 0 Å². The lowest BCUT2D eigenvalue weighted by Crippen LogP contribution is -2.27. The zero-order valence-corrected chi connectivity index (χ0v) is 10.8. The Morgan fingerprint density at radius 3 is 2.72 bits per heavy atom. The van der Waals surface area contributed by atoms with Crippen LogP contribution in [0, 0.1) is 12.7 Å². The van der Waals surface area contributed by atoms with Crippen LogP contribution < -0.4 is 0 Å². The molecule has 96 valence electrons. The molecule has 0 saturated carbocycles. The van der Waals surface area contributed by atoms with Crippen molar-refractivity contribution in [3.05, 3.63) is 53.1 Å². The summed E-state index contributed by atoms with van der Waals surface area (Å²) in [6.07, 6.45) is 1.64. The van der Waals surface area contributed by atoms with Crippen molar-refractivity contribution < 1.29 is 9.50 Å². The van der Waals surface area contributed by atoms with E-state index in [1.165, 1.54) is 6.07 Å². The number of aryl methyl sites for hydroxylation is 2. The molecule has 0 fully saturated rings. The highest BCUT2D eigenvalue weighted by atomic mass is 19.1. The third kappa shape index (κ3) is 2.04. The summed E-state index contributed by atoms with van der Waals surface area (Å²) in [6.45, 7) is 5.96. The first-order valence-electron chi connectivity index (χ1n) is 5.98. The van der Waals surface area contributed by atoms with Crippen molar-refractivity contribution >= 4 is 0 Å². The summed E-state index contributed by atoms with van der Waals surface area (Å²) in [4.78, 5) is 0. The van der Waals surface area contributed by atoms with Crippen molar-refractivity contribution in [3.63, 3.8) is 0 Å². The van der Waals surface area contributed by atoms with Crippen molar-refractivity contribution in [1.82, 2.24) is 9.78 Å². The van der Waals surface area contributed by atoms with E-state index < -0.39 is 5.60 Å². The maximum atomic E-state index is 13.6. The molecule has 0 aliphatic carbocycles. The lowest BCUT2D eigenvalue weighted by molar-refractivity contribution is 0.0914. The molecule has 2 aromatic rings. The molecule has 2 rings (SSSR count). The zero-order chi connectivity index (χ0) is 13.3. The Kier molecular flexibility index (Phi) is 3.22. The SMILES string of the molecule is CCn1nccc1C(C)(O)c1ccc(C)c(F)c1. The Labute approximate surface area is 106 Å². The van der Waals surface area contributed by atoms with E-state index in [-0.39, 0.29) is 5.82 Å². The van der Waals surface area contributed by atoms with Gasteiger partial charge in [0.25, 0.3) is 0 Å². The molecule has 3 nitrogen and oxygen atoms in total. The first-order valence-corrected chi connectivity index (χ1v) is 5.98. The van der Waals surface area contributed by atoms with Crippen molar-refractivity contribution in [2.75, 3.05) is 0 Å². The van der Waals surface area contributed by atoms with Crippen molar-refractivity contribution in [3.8, 4) is 0 Å². The van der Waals surface area contributed by atoms with Gasteiger partial charge in [0, 0.05) is 12.7 Å². The molecule has 1 N–H and O–H groups in total. The van der Waals surface area contributed by atoms with E-state index >= 15 is 0 Å². The fourth-order valence-electron chi connectivity index (χ4n) is 2.04. The molecule has 0 amide bonds. The molecule has 0 aliphatic rings. The quantitative estimate of drug-likeness (QED) is 0.906. The van der Waals surface area contributed by atoms with Gasteiger partial charge in [0.1, 0.15) is 11.4 Å². The largest absolute Gasteiger partial charge is 0.379 e. The summed E-state index contributed by atoms with van der Waals surface area (Å²) in [5.41, 5.74) is 0.508. The fraction of sp³-hybridized carbons (Fsp3) is 0.357. The number of benzene rings is 1. The highest BCUT2D eigenvalue weighted by Gasteiger charge is 2.29. The molecule has 1 atom stereocenters. The highest BCUT2D eigenvalue weighted by Crippen LogP contribution is 2.29. The van der Waals surface area contributed by atoms with Gasteiger partial charge >= 0.3 is 0 Å². The summed E-state index contributed by atoms with van der Waals surface area (Å²) < 4.78 is 15.3. The van der Waals surface area contributed by atoms with Crippen LogP contribution in [0.25, 0.3) is 0 Å². The highest BCUT2D eigenvalue weighted by molar-refractivity contribution is 5.33. The predicted octanol–water partition coefficient (Wildman–Crippen LogP) is 2.61. The first kappa shape index (κ1) is 12.8. The van der Waals surface area contributed by atoms with Crippen molar-refractivity contribution in [2.24, 2.45) is 0 Å². The third-order valence-electron chi connectivity index (χ3n) is 3.25. The molecular formula is C14H17FN2O. The second-order valence-corrected chi connectivity index (χ2v) is 4.57. The second kappa shape index (κ2) is 4.53. The van der Waals surface area contributed by atoms with Gasteiger partial charge < -0.3 is 5.11 Å². The van der Waals surface area contributed by atoms with E-state index in [2.05, 4.69) is 5.10 Å². The van der Waals surface area contributed by atoms with Crippen LogP contribution >= 0.6 is 0 Å². The number of hydrogen-bond donors (Lipinski definition) is 1. The number of halogens is 1. The topological polar surface area (TPSA) is 38.0 Å². The van der Waals surface area contributed by atoms with Crippen LogP contribution in [0.15, 0.2) is 30.5 Å². The molecule has 0 bridgehead atoms. The van der Waals surface area contributed by atoms with E-state index in [9.17, 15) is 9.50 Å². The molecule has 18 heavy (non-hydrogen) atoms. The molecule has 0 aliphatic heterocycles. The maximum Gasteiger partial charge on any atom is 0.128 e. The first-order chi connectivity index (χ1) is 8.46. The minimum absolute atomic E-state index is 0.310. The molecule has 1 aromatic heterocycles. The number of aliphatic hydroxyl groups is 1. The van der Waals surface area contributed by atoms with Gasteiger partial charge in [0.15, 0.2) is 0 Å². The Morgan fingerprint density at radius 2 is 2.11 bits per heavy atom. The molecule has 0 spiro atoms. The third-order valence-corrected chi connectivity index (χ3v) is 3.25. The molecule has 0 radical (unpaired) electrons. The summed E-state index contributed by atoms with van der Waals surface area (Å²) in [5.74, 6) is -0.310. The molecule has 1 heterocycles. The average molecular weight is 248 g/mol. The minimum atomic E-state index is -1.25. The molecule has 0 saturated heterocycles. The van der Waals surface area contributed by atoms with E-state index in [0.29, 0.717) is 23.4 Å². The van der Waals surface area contributed by atoms with Crippen LogP contribution in [-0.2, 0) is 12.1 Å². The van der Waals surface area contributed by atoms with Gasteiger partial charge in [-0.05, 0) is 44.0 Å². The van der Waals surface area contributed by atoms with Gasteiger partial charge in [0.2, 0.25) is 0 Å². The van der Waals surface area contributed by atoms with Crippen LogP contribution in [0.4, 0.5) is 4.39 Å². The van der Waals surface area contributed by atoms with Crippen molar-refractivity contribution in [1.29, 1.82) is 0 Å². The Morgan fingerprint density at radius 1 is 1.39 bits per heavy atom. The minimum Gasteiger partial charge on any atom is -0.379 e. The van der Waals surface area contributed by atoms with E-state index in [4.69, 9.17) is 0 Å². The van der Waals surface area contributed by atoms with E-state index in [0.717, 1.165) is 0 Å². The normalized spacial score (nSPS) is 14.5. The van der Waals surface area contributed by atoms with Gasteiger partial charge in [-0.2, -0.15) is 5.10 Å². The summed E-state index contributed by atoms with van der Waals surface area (Å²) in [5, 5.41) is 14.8. The molecule has 4 heteroatoms. The molecule has 1 aromatic carbocycles. The smallest absolute Gasteiger partial charge is 0.128 e. The van der Waals surface area contributed by atoms with Gasteiger partial charge in [-0.3, -0.25) is 4.68 Å². The lowest BCUT2D eigenvalue weighted by Gasteiger charge is -2.25. The summed E-state index contributed by atoms with van der Waals surface area (Å²) in [7, 11) is 0. The number of aromatic nitrogens is 2. The Bertz CT molecular complexity index is 561. The van der Waals surface area contributed by atoms with E-state index in [1.54, 1.807) is 42.9 Å². The fourth-order valence-corrected chi connectivity index (χ4v) is 2.04. The number of nitrogens with zero attached hydrogens (tertiary/aromatic N) is 2. The molecule has 1 unspecified atom stereocenters. The number of rotatable bonds is 3. The van der Waals surface area contributed by atoms with Crippen LogP contribution in [0.2, 0.25) is 0 Å². The van der Waals surface area contributed by atoms with Crippen LogP contribution in [0.3, 0.4) is 0 Å². The maximum absolute atomic E-state index is 13.6. The van der Waals surface area contributed by atoms with E-state index in [1.807, 2.05) is 6.92 Å². The molecular weight excluding hydrogens is 231 g/mol. The van der Waals surface area contributed by atoms with Gasteiger partial charge in [-0.25, -0.2) is 4.39 Å². The zero-order valence-electron chi connectivity index (χ0n) is 10.8. The lowest BCUT2D eigenvalue weighted by atomic mass is 9.91. The van der Waals surface area contributed by atoms with Gasteiger partial charge in [-0.1, -0.05) is 12.1 Å². The Hall–Kier alpha value is -1.68. The Balaban J connectivity index is 2.50. The predicted molar refractivity (Wildman–Crippen MR) is 67.7 cm³/mol.